The van der Waals surface area contributed by atoms with Crippen molar-refractivity contribution >= 4 is 34.8 Å². The first kappa shape index (κ1) is 11.9. The number of nitrogens with two attached hydrogens (primary N) is 1. The zero-order chi connectivity index (χ0) is 12.3. The number of thiazole rings is 1. The Morgan fingerprint density at radius 3 is 2.94 bits per heavy atom. The summed E-state index contributed by atoms with van der Waals surface area (Å²) < 4.78 is 5.54. The van der Waals surface area contributed by atoms with Gasteiger partial charge in [-0.1, -0.05) is 11.8 Å². The minimum absolute atomic E-state index is 0.387. The molecule has 0 unspecified atom stereocenters. The molecule has 2 N–H and O–H groups in total. The molecule has 1 aromatic heterocycles. The number of methoxy groups -OCH3 is 1. The molecule has 0 atom stereocenters. The van der Waals surface area contributed by atoms with E-state index in [1.54, 1.807) is 35.7 Å². The molecule has 0 amide bonds. The highest BCUT2D eigenvalue weighted by Gasteiger charge is 2.09. The lowest BCUT2D eigenvalue weighted by Crippen LogP contribution is -2.02. The average Bonchev–Trinajstić information content (AvgIpc) is 2.83. The summed E-state index contributed by atoms with van der Waals surface area (Å²) in [6.45, 7) is 0. The summed E-state index contributed by atoms with van der Waals surface area (Å²) >= 11 is 3.03. The molecule has 1 aromatic carbocycles. The molecule has 0 saturated carbocycles. The SMILES string of the molecule is COC(=O)c1ccc(Sc2nccs2)c(N)c1. The van der Waals surface area contributed by atoms with Crippen molar-refractivity contribution in [3.63, 3.8) is 0 Å². The van der Waals surface area contributed by atoms with E-state index < -0.39 is 0 Å². The van der Waals surface area contributed by atoms with Crippen molar-refractivity contribution in [1.82, 2.24) is 4.98 Å². The molecule has 0 radical (unpaired) electrons. The standard InChI is InChI=1S/C11H10N2O2S2/c1-15-10(14)7-2-3-9(8(12)6-7)17-11-13-4-5-16-11/h2-6H,12H2,1H3. The first-order chi connectivity index (χ1) is 8.20. The monoisotopic (exact) mass is 266 g/mol. The topological polar surface area (TPSA) is 65.2 Å². The van der Waals surface area contributed by atoms with Gasteiger partial charge >= 0.3 is 5.97 Å². The van der Waals surface area contributed by atoms with Gasteiger partial charge in [-0.05, 0) is 18.2 Å². The van der Waals surface area contributed by atoms with Gasteiger partial charge in [0.05, 0.1) is 12.7 Å². The van der Waals surface area contributed by atoms with E-state index in [-0.39, 0.29) is 5.97 Å². The van der Waals surface area contributed by atoms with E-state index in [0.29, 0.717) is 11.3 Å². The highest BCUT2D eigenvalue weighted by molar-refractivity contribution is 8.01. The van der Waals surface area contributed by atoms with Crippen molar-refractivity contribution in [2.75, 3.05) is 12.8 Å². The van der Waals surface area contributed by atoms with Crippen molar-refractivity contribution < 1.29 is 9.53 Å². The molecule has 0 fully saturated rings. The molecule has 6 heteroatoms. The van der Waals surface area contributed by atoms with Crippen molar-refractivity contribution in [1.29, 1.82) is 0 Å². The molecule has 0 saturated heterocycles. The first-order valence-electron chi connectivity index (χ1n) is 4.76. The predicted octanol–water partition coefficient (Wildman–Crippen LogP) is 2.66. The maximum Gasteiger partial charge on any atom is 0.337 e. The van der Waals surface area contributed by atoms with E-state index in [0.717, 1.165) is 9.24 Å². The van der Waals surface area contributed by atoms with Crippen molar-refractivity contribution in [3.05, 3.63) is 35.3 Å². The molecule has 2 aromatic rings. The van der Waals surface area contributed by atoms with Crippen molar-refractivity contribution in [2.45, 2.75) is 9.24 Å². The smallest absolute Gasteiger partial charge is 0.337 e. The highest BCUT2D eigenvalue weighted by atomic mass is 32.2. The maximum absolute atomic E-state index is 11.3. The summed E-state index contributed by atoms with van der Waals surface area (Å²) in [5.74, 6) is -0.387. The molecular formula is C11H10N2O2S2. The second kappa shape index (κ2) is 5.20. The fraction of sp³-hybridized carbons (Fsp3) is 0.0909. The summed E-state index contributed by atoms with van der Waals surface area (Å²) in [6, 6.07) is 5.10. The van der Waals surface area contributed by atoms with E-state index in [9.17, 15) is 4.79 Å². The molecular weight excluding hydrogens is 256 g/mol. The number of carbonyl (C=O) groups is 1. The molecule has 0 aliphatic carbocycles. The second-order valence-electron chi connectivity index (χ2n) is 3.14. The van der Waals surface area contributed by atoms with E-state index >= 15 is 0 Å². The van der Waals surface area contributed by atoms with E-state index in [4.69, 9.17) is 5.73 Å². The summed E-state index contributed by atoms with van der Waals surface area (Å²) in [4.78, 5) is 16.3. The van der Waals surface area contributed by atoms with Gasteiger partial charge in [0.25, 0.3) is 0 Å². The van der Waals surface area contributed by atoms with Crippen LogP contribution in [0.15, 0.2) is 39.0 Å². The minimum Gasteiger partial charge on any atom is -0.465 e. The van der Waals surface area contributed by atoms with Crippen LogP contribution in [0.25, 0.3) is 0 Å². The van der Waals surface area contributed by atoms with Crippen LogP contribution in [0, 0.1) is 0 Å². The fourth-order valence-electron chi connectivity index (χ4n) is 1.24. The zero-order valence-electron chi connectivity index (χ0n) is 9.04. The van der Waals surface area contributed by atoms with Crippen LogP contribution in [0.1, 0.15) is 10.4 Å². The van der Waals surface area contributed by atoms with Gasteiger partial charge in [-0.15, -0.1) is 11.3 Å². The average molecular weight is 266 g/mol. The van der Waals surface area contributed by atoms with Crippen LogP contribution < -0.4 is 5.73 Å². The Labute approximate surface area is 107 Å². The Bertz CT molecular complexity index is 526. The summed E-state index contributed by atoms with van der Waals surface area (Å²) in [5, 5.41) is 1.90. The number of rotatable bonds is 3. The molecule has 0 bridgehead atoms. The largest absolute Gasteiger partial charge is 0.465 e. The molecule has 1 heterocycles. The van der Waals surface area contributed by atoms with Crippen LogP contribution in [0.2, 0.25) is 0 Å². The van der Waals surface area contributed by atoms with Gasteiger partial charge in [-0.3, -0.25) is 0 Å². The van der Waals surface area contributed by atoms with Gasteiger partial charge < -0.3 is 10.5 Å². The molecule has 0 aliphatic heterocycles. The Balaban J connectivity index is 2.23. The Morgan fingerprint density at radius 1 is 1.53 bits per heavy atom. The van der Waals surface area contributed by atoms with Gasteiger partial charge in [-0.2, -0.15) is 0 Å². The quantitative estimate of drug-likeness (QED) is 0.683. The molecule has 17 heavy (non-hydrogen) atoms. The Morgan fingerprint density at radius 2 is 2.35 bits per heavy atom. The Kier molecular flexibility index (Phi) is 3.65. The van der Waals surface area contributed by atoms with Crippen molar-refractivity contribution in [2.24, 2.45) is 0 Å². The zero-order valence-corrected chi connectivity index (χ0v) is 10.7. The van der Waals surface area contributed by atoms with Gasteiger partial charge in [0.15, 0.2) is 4.34 Å². The fourth-order valence-corrected chi connectivity index (χ4v) is 2.84. The number of ether oxygens (including phenoxy) is 1. The third kappa shape index (κ3) is 2.78. The highest BCUT2D eigenvalue weighted by Crippen LogP contribution is 2.33. The number of benzene rings is 1. The number of esters is 1. The molecule has 0 aliphatic rings. The normalized spacial score (nSPS) is 10.2. The summed E-state index contributed by atoms with van der Waals surface area (Å²) in [6.07, 6.45) is 1.74. The third-order valence-electron chi connectivity index (χ3n) is 2.04. The van der Waals surface area contributed by atoms with Crippen LogP contribution >= 0.6 is 23.1 Å². The van der Waals surface area contributed by atoms with E-state index in [1.807, 2.05) is 5.38 Å². The molecule has 4 nitrogen and oxygen atoms in total. The lowest BCUT2D eigenvalue weighted by Gasteiger charge is -2.05. The predicted molar refractivity (Wildman–Crippen MR) is 68.4 cm³/mol. The Hall–Kier alpha value is -1.53. The van der Waals surface area contributed by atoms with Gasteiger partial charge in [0.2, 0.25) is 0 Å². The van der Waals surface area contributed by atoms with Crippen LogP contribution in [0.3, 0.4) is 0 Å². The number of carbonyl (C=O) groups excluding carboxylic acids is 1. The van der Waals surface area contributed by atoms with E-state index in [1.165, 1.54) is 18.9 Å². The van der Waals surface area contributed by atoms with Crippen LogP contribution in [0.4, 0.5) is 5.69 Å². The number of anilines is 1. The van der Waals surface area contributed by atoms with Gasteiger partial charge in [-0.25, -0.2) is 9.78 Å². The third-order valence-corrected chi connectivity index (χ3v) is 4.01. The second-order valence-corrected chi connectivity index (χ2v) is 5.33. The van der Waals surface area contributed by atoms with Gasteiger partial charge in [0, 0.05) is 22.2 Å². The van der Waals surface area contributed by atoms with Crippen LogP contribution in [-0.2, 0) is 4.74 Å². The van der Waals surface area contributed by atoms with Crippen LogP contribution in [-0.4, -0.2) is 18.1 Å². The molecule has 2 rings (SSSR count). The molecule has 0 spiro atoms. The number of aromatic nitrogens is 1. The first-order valence-corrected chi connectivity index (χ1v) is 6.45. The lowest BCUT2D eigenvalue weighted by molar-refractivity contribution is 0.0600. The van der Waals surface area contributed by atoms with Gasteiger partial charge in [0.1, 0.15) is 0 Å². The number of nitrogen functional groups attached to an aromatic ring is 1. The van der Waals surface area contributed by atoms with Crippen molar-refractivity contribution in [3.8, 4) is 0 Å². The maximum atomic E-state index is 11.3. The lowest BCUT2D eigenvalue weighted by atomic mass is 10.2. The molecule has 88 valence electrons. The summed E-state index contributed by atoms with van der Waals surface area (Å²) in [5.41, 5.74) is 6.88. The minimum atomic E-state index is -0.387. The van der Waals surface area contributed by atoms with Crippen LogP contribution in [0.5, 0.6) is 0 Å². The van der Waals surface area contributed by atoms with E-state index in [2.05, 4.69) is 9.72 Å². The number of nitrogens with zero attached hydrogens (tertiary/aromatic N) is 1. The summed E-state index contributed by atoms with van der Waals surface area (Å²) in [7, 11) is 1.34. The number of hydrogen-bond acceptors (Lipinski definition) is 6. The number of hydrogen-bond donors (Lipinski definition) is 1.